The summed E-state index contributed by atoms with van der Waals surface area (Å²) in [6, 6.07) is 9.43. The van der Waals surface area contributed by atoms with Gasteiger partial charge in [0.2, 0.25) is 5.76 Å². The van der Waals surface area contributed by atoms with Gasteiger partial charge in [0.05, 0.1) is 7.11 Å². The number of methoxy groups -OCH3 is 1. The summed E-state index contributed by atoms with van der Waals surface area (Å²) in [6.45, 7) is 12.2. The number of rotatable bonds is 4. The van der Waals surface area contributed by atoms with Crippen LogP contribution in [0.4, 0.5) is 0 Å². The molecule has 0 bridgehead atoms. The minimum absolute atomic E-state index is 0.197. The summed E-state index contributed by atoms with van der Waals surface area (Å²) < 4.78 is 15.6. The number of aryl methyl sites for hydroxylation is 2. The van der Waals surface area contributed by atoms with Gasteiger partial charge in [-0.05, 0) is 32.0 Å². The molecule has 0 radical (unpaired) electrons. The highest BCUT2D eigenvalue weighted by atomic mass is 16.5. The van der Waals surface area contributed by atoms with Crippen molar-refractivity contribution in [1.29, 1.82) is 0 Å². The Balaban J connectivity index is 0.00000112. The molecule has 2 rings (SSSR count). The summed E-state index contributed by atoms with van der Waals surface area (Å²) in [4.78, 5) is 11.3. The summed E-state index contributed by atoms with van der Waals surface area (Å²) in [6.07, 6.45) is 0. The van der Waals surface area contributed by atoms with Crippen molar-refractivity contribution in [3.8, 4) is 5.75 Å². The van der Waals surface area contributed by atoms with Crippen LogP contribution in [-0.2, 0) is 11.3 Å². The molecule has 1 heterocycles. The van der Waals surface area contributed by atoms with E-state index >= 15 is 0 Å². The van der Waals surface area contributed by atoms with Crippen molar-refractivity contribution in [2.45, 2.75) is 48.1 Å². The average Bonchev–Trinajstić information content (AvgIpc) is 2.98. The minimum atomic E-state index is -0.482. The van der Waals surface area contributed by atoms with Gasteiger partial charge in [-0.3, -0.25) is 0 Å². The van der Waals surface area contributed by atoms with Gasteiger partial charge < -0.3 is 13.9 Å². The second-order valence-electron chi connectivity index (χ2n) is 4.29. The molecule has 1 aromatic heterocycles. The zero-order valence-electron chi connectivity index (χ0n) is 15.2. The Morgan fingerprint density at radius 2 is 1.61 bits per heavy atom. The molecular weight excluding hydrogens is 292 g/mol. The van der Waals surface area contributed by atoms with Gasteiger partial charge in [0.15, 0.2) is 0 Å². The zero-order chi connectivity index (χ0) is 17.8. The van der Waals surface area contributed by atoms with Gasteiger partial charge in [-0.15, -0.1) is 0 Å². The van der Waals surface area contributed by atoms with Crippen molar-refractivity contribution < 1.29 is 18.7 Å². The van der Waals surface area contributed by atoms with Gasteiger partial charge >= 0.3 is 5.97 Å². The van der Waals surface area contributed by atoms with Crippen molar-refractivity contribution >= 4 is 5.97 Å². The van der Waals surface area contributed by atoms with Crippen molar-refractivity contribution in [3.05, 3.63) is 53.0 Å². The smallest absolute Gasteiger partial charge is 0.373 e. The molecule has 0 fully saturated rings. The number of carbonyl (C=O) groups excluding carboxylic acids is 1. The molecule has 2 aromatic rings. The molecule has 0 aliphatic rings. The van der Waals surface area contributed by atoms with Crippen LogP contribution >= 0.6 is 0 Å². The van der Waals surface area contributed by atoms with E-state index in [-0.39, 0.29) is 5.76 Å². The van der Waals surface area contributed by atoms with E-state index in [1.165, 1.54) is 12.7 Å². The Hall–Kier alpha value is -2.23. The molecule has 0 amide bonds. The minimum Gasteiger partial charge on any atom is -0.489 e. The number of hydrogen-bond acceptors (Lipinski definition) is 4. The fourth-order valence-corrected chi connectivity index (χ4v) is 1.66. The highest BCUT2D eigenvalue weighted by Crippen LogP contribution is 2.19. The van der Waals surface area contributed by atoms with E-state index in [0.29, 0.717) is 12.4 Å². The van der Waals surface area contributed by atoms with Crippen molar-refractivity contribution in [1.82, 2.24) is 0 Å². The second kappa shape index (κ2) is 11.4. The van der Waals surface area contributed by atoms with Gasteiger partial charge in [0, 0.05) is 5.56 Å². The fraction of sp³-hybridized carbons (Fsp3) is 0.421. The molecule has 4 nitrogen and oxygen atoms in total. The van der Waals surface area contributed by atoms with Crippen LogP contribution in [-0.4, -0.2) is 13.1 Å². The van der Waals surface area contributed by atoms with Gasteiger partial charge in [-0.25, -0.2) is 4.79 Å². The fourth-order valence-electron chi connectivity index (χ4n) is 1.66. The molecule has 0 atom stereocenters. The topological polar surface area (TPSA) is 48.7 Å². The average molecular weight is 320 g/mol. The van der Waals surface area contributed by atoms with Crippen LogP contribution in [0, 0.1) is 13.8 Å². The summed E-state index contributed by atoms with van der Waals surface area (Å²) in [5.74, 6) is 1.16. The largest absolute Gasteiger partial charge is 0.489 e. The molecule has 4 heteroatoms. The number of furan rings is 1. The van der Waals surface area contributed by atoms with Crippen LogP contribution in [0.25, 0.3) is 0 Å². The number of benzene rings is 1. The Morgan fingerprint density at radius 3 is 2.13 bits per heavy atom. The molecular formula is C19H28O4. The number of carbonyl (C=O) groups is 1. The third kappa shape index (κ3) is 6.59. The first kappa shape index (κ1) is 20.8. The van der Waals surface area contributed by atoms with Crippen molar-refractivity contribution in [2.75, 3.05) is 7.11 Å². The Bertz CT molecular complexity index is 568. The lowest BCUT2D eigenvalue weighted by molar-refractivity contribution is 0.0563. The number of hydrogen-bond donors (Lipinski definition) is 0. The summed E-state index contributed by atoms with van der Waals surface area (Å²) in [5, 5.41) is 0. The van der Waals surface area contributed by atoms with Crippen LogP contribution in [0.3, 0.4) is 0 Å². The van der Waals surface area contributed by atoms with Gasteiger partial charge in [-0.2, -0.15) is 0 Å². The predicted octanol–water partition coefficient (Wildman–Crippen LogP) is 5.31. The van der Waals surface area contributed by atoms with E-state index < -0.39 is 5.97 Å². The first-order valence-corrected chi connectivity index (χ1v) is 7.97. The molecule has 128 valence electrons. The maximum absolute atomic E-state index is 11.3. The van der Waals surface area contributed by atoms with Crippen LogP contribution in [0.2, 0.25) is 0 Å². The van der Waals surface area contributed by atoms with Gasteiger partial charge in [0.25, 0.3) is 0 Å². The second-order valence-corrected chi connectivity index (χ2v) is 4.29. The third-order valence-corrected chi connectivity index (χ3v) is 2.82. The van der Waals surface area contributed by atoms with E-state index in [0.717, 1.165) is 11.3 Å². The maximum atomic E-state index is 11.3. The summed E-state index contributed by atoms with van der Waals surface area (Å²) in [7, 11) is 1.32. The Labute approximate surface area is 139 Å². The van der Waals surface area contributed by atoms with Crippen LogP contribution in [0.5, 0.6) is 5.75 Å². The lowest BCUT2D eigenvalue weighted by Crippen LogP contribution is -1.99. The van der Waals surface area contributed by atoms with Gasteiger partial charge in [-0.1, -0.05) is 45.4 Å². The molecule has 0 aliphatic heterocycles. The van der Waals surface area contributed by atoms with Gasteiger partial charge in [0.1, 0.15) is 18.1 Å². The normalized spacial score (nSPS) is 9.00. The molecule has 23 heavy (non-hydrogen) atoms. The van der Waals surface area contributed by atoms with E-state index in [9.17, 15) is 4.79 Å². The first-order valence-electron chi connectivity index (χ1n) is 7.97. The summed E-state index contributed by atoms with van der Waals surface area (Å²) in [5.41, 5.74) is 2.01. The number of esters is 1. The molecule has 0 N–H and O–H groups in total. The molecule has 1 aromatic carbocycles. The van der Waals surface area contributed by atoms with E-state index in [2.05, 4.69) is 4.74 Å². The van der Waals surface area contributed by atoms with Crippen LogP contribution in [0.15, 0.2) is 34.7 Å². The molecule has 0 aliphatic carbocycles. The molecule has 0 saturated carbocycles. The quantitative estimate of drug-likeness (QED) is 0.716. The molecule has 0 saturated heterocycles. The highest BCUT2D eigenvalue weighted by Gasteiger charge is 2.14. The standard InChI is InChI=1S/C15H16O4.2C2H6/c1-10-4-6-13(7-5-10)18-9-12-8-14(15(16)17-3)19-11(12)2;2*1-2/h4-8H,9H2,1-3H3;2*1-2H3. The van der Waals surface area contributed by atoms with Crippen molar-refractivity contribution in [3.63, 3.8) is 0 Å². The lowest BCUT2D eigenvalue weighted by Gasteiger charge is -2.05. The third-order valence-electron chi connectivity index (χ3n) is 2.82. The lowest BCUT2D eigenvalue weighted by atomic mass is 10.2. The predicted molar refractivity (Wildman–Crippen MR) is 93.0 cm³/mol. The SMILES string of the molecule is CC.CC.COC(=O)c1cc(COc2ccc(C)cc2)c(C)o1. The Kier molecular flexibility index (Phi) is 10.3. The van der Waals surface area contributed by atoms with E-state index in [1.54, 1.807) is 13.0 Å². The highest BCUT2D eigenvalue weighted by molar-refractivity contribution is 5.86. The maximum Gasteiger partial charge on any atom is 0.373 e. The first-order chi connectivity index (χ1) is 11.1. The van der Waals surface area contributed by atoms with E-state index in [1.807, 2.05) is 58.9 Å². The van der Waals surface area contributed by atoms with Crippen LogP contribution in [0.1, 0.15) is 55.1 Å². The monoisotopic (exact) mass is 320 g/mol. The zero-order valence-corrected chi connectivity index (χ0v) is 15.2. The van der Waals surface area contributed by atoms with Crippen molar-refractivity contribution in [2.24, 2.45) is 0 Å². The molecule has 0 spiro atoms. The number of ether oxygens (including phenoxy) is 2. The van der Waals surface area contributed by atoms with E-state index in [4.69, 9.17) is 9.15 Å². The molecule has 0 unspecified atom stereocenters. The van der Waals surface area contributed by atoms with Crippen LogP contribution < -0.4 is 4.74 Å². The Morgan fingerprint density at radius 1 is 1.04 bits per heavy atom. The summed E-state index contributed by atoms with van der Waals surface area (Å²) >= 11 is 0.